The highest BCUT2D eigenvalue weighted by molar-refractivity contribution is 5.22. The minimum Gasteiger partial charge on any atom is -0.394 e. The van der Waals surface area contributed by atoms with Gasteiger partial charge < -0.3 is 5.73 Å². The van der Waals surface area contributed by atoms with Gasteiger partial charge in [-0.15, -0.1) is 0 Å². The summed E-state index contributed by atoms with van der Waals surface area (Å²) < 4.78 is 0.822. The average Bonchev–Trinajstić information content (AvgIpc) is 2.07. The molecule has 2 nitrogen and oxygen atoms in total. The molecule has 1 rings (SSSR count). The molecule has 0 aliphatic carbocycles. The van der Waals surface area contributed by atoms with Crippen LogP contribution in [0.3, 0.4) is 0 Å². The number of allylic oxidation sites excluding steroid dienone is 2. The molecule has 10 heavy (non-hydrogen) atoms. The lowest BCUT2D eigenvalue weighted by Gasteiger charge is -2.23. The van der Waals surface area contributed by atoms with Crippen LogP contribution in [-0.4, -0.2) is 18.6 Å². The molecule has 0 spiro atoms. The van der Waals surface area contributed by atoms with E-state index in [-0.39, 0.29) is 0 Å². The predicted molar refractivity (Wildman–Crippen MR) is 42.8 cm³/mol. The van der Waals surface area contributed by atoms with E-state index in [9.17, 15) is 0 Å². The summed E-state index contributed by atoms with van der Waals surface area (Å²) in [4.78, 5) is 0. The van der Waals surface area contributed by atoms with Gasteiger partial charge in [0.05, 0.1) is 19.8 Å². The standard InChI is InChI=1S/C8H15N2/c1-4-8-7(9)5-6-10(8,2)3/h5-6H,4,9H2,1-3H3/q+1. The molecular weight excluding hydrogens is 124 g/mol. The van der Waals surface area contributed by atoms with Gasteiger partial charge in [0.25, 0.3) is 0 Å². The van der Waals surface area contributed by atoms with Crippen molar-refractivity contribution in [2.75, 3.05) is 14.1 Å². The lowest BCUT2D eigenvalue weighted by Crippen LogP contribution is -2.30. The molecule has 0 aromatic rings. The van der Waals surface area contributed by atoms with Gasteiger partial charge in [-0.05, 0) is 0 Å². The second-order valence-corrected chi connectivity index (χ2v) is 3.11. The van der Waals surface area contributed by atoms with Crippen LogP contribution in [0.5, 0.6) is 0 Å². The normalized spacial score (nSPS) is 22.3. The summed E-state index contributed by atoms with van der Waals surface area (Å²) >= 11 is 0. The van der Waals surface area contributed by atoms with Crippen molar-refractivity contribution in [3.63, 3.8) is 0 Å². The van der Waals surface area contributed by atoms with E-state index < -0.39 is 0 Å². The number of nitrogens with zero attached hydrogens (tertiary/aromatic N) is 1. The lowest BCUT2D eigenvalue weighted by atomic mass is 10.2. The van der Waals surface area contributed by atoms with Crippen LogP contribution in [0.2, 0.25) is 0 Å². The van der Waals surface area contributed by atoms with Crippen LogP contribution < -0.4 is 5.73 Å². The third-order valence-electron chi connectivity index (χ3n) is 1.99. The summed E-state index contributed by atoms with van der Waals surface area (Å²) in [6, 6.07) is 0. The fourth-order valence-corrected chi connectivity index (χ4v) is 1.40. The fourth-order valence-electron chi connectivity index (χ4n) is 1.40. The van der Waals surface area contributed by atoms with Crippen molar-refractivity contribution >= 4 is 0 Å². The van der Waals surface area contributed by atoms with Crippen molar-refractivity contribution in [2.45, 2.75) is 13.3 Å². The Morgan fingerprint density at radius 3 is 2.30 bits per heavy atom. The number of hydrogen-bond donors (Lipinski definition) is 1. The minimum atomic E-state index is 0.822. The zero-order chi connectivity index (χ0) is 7.78. The van der Waals surface area contributed by atoms with Crippen molar-refractivity contribution in [1.29, 1.82) is 0 Å². The van der Waals surface area contributed by atoms with Crippen molar-refractivity contribution in [3.8, 4) is 0 Å². The van der Waals surface area contributed by atoms with E-state index in [0.717, 1.165) is 16.6 Å². The van der Waals surface area contributed by atoms with E-state index in [1.807, 2.05) is 6.08 Å². The summed E-state index contributed by atoms with van der Waals surface area (Å²) in [5.74, 6) is 0. The molecule has 2 N–H and O–H groups in total. The van der Waals surface area contributed by atoms with E-state index in [1.165, 1.54) is 5.70 Å². The molecule has 0 aromatic carbocycles. The maximum atomic E-state index is 5.74. The van der Waals surface area contributed by atoms with Crippen molar-refractivity contribution in [2.24, 2.45) is 5.73 Å². The van der Waals surface area contributed by atoms with Gasteiger partial charge in [0.15, 0.2) is 0 Å². The van der Waals surface area contributed by atoms with Crippen LogP contribution >= 0.6 is 0 Å². The zero-order valence-corrected chi connectivity index (χ0v) is 6.89. The van der Waals surface area contributed by atoms with Gasteiger partial charge in [-0.2, -0.15) is 0 Å². The molecule has 0 aromatic heterocycles. The van der Waals surface area contributed by atoms with Gasteiger partial charge in [0.2, 0.25) is 0 Å². The molecule has 0 amide bonds. The maximum Gasteiger partial charge on any atom is 0.136 e. The number of nitrogens with two attached hydrogens (primary N) is 1. The molecule has 0 unspecified atom stereocenters. The van der Waals surface area contributed by atoms with Gasteiger partial charge in [0.1, 0.15) is 11.9 Å². The van der Waals surface area contributed by atoms with Crippen LogP contribution in [-0.2, 0) is 0 Å². The summed E-state index contributed by atoms with van der Waals surface area (Å²) in [6.45, 7) is 2.13. The maximum absolute atomic E-state index is 5.74. The molecular formula is C8H15N2+. The molecule has 0 saturated heterocycles. The molecule has 1 heterocycles. The first kappa shape index (κ1) is 7.35. The first-order valence-electron chi connectivity index (χ1n) is 3.60. The van der Waals surface area contributed by atoms with Crippen LogP contribution in [0.1, 0.15) is 13.3 Å². The van der Waals surface area contributed by atoms with E-state index >= 15 is 0 Å². The molecule has 0 bridgehead atoms. The van der Waals surface area contributed by atoms with Crippen LogP contribution in [0.25, 0.3) is 0 Å². The number of rotatable bonds is 1. The Bertz CT molecular complexity index is 199. The third kappa shape index (κ3) is 0.948. The quantitative estimate of drug-likeness (QED) is 0.542. The van der Waals surface area contributed by atoms with Crippen LogP contribution in [0.4, 0.5) is 0 Å². The van der Waals surface area contributed by atoms with E-state index in [1.54, 1.807) is 0 Å². The first-order valence-corrected chi connectivity index (χ1v) is 3.60. The Hall–Kier alpha value is -0.760. The second-order valence-electron chi connectivity index (χ2n) is 3.11. The number of quaternary nitrogens is 1. The van der Waals surface area contributed by atoms with E-state index in [2.05, 4.69) is 27.2 Å². The second kappa shape index (κ2) is 2.13. The number of hydrogen-bond acceptors (Lipinski definition) is 1. The van der Waals surface area contributed by atoms with Gasteiger partial charge in [-0.1, -0.05) is 6.92 Å². The predicted octanol–water partition coefficient (Wildman–Crippen LogP) is 1.17. The Morgan fingerprint density at radius 1 is 1.50 bits per heavy atom. The Kier molecular flexibility index (Phi) is 1.57. The Labute approximate surface area is 62.2 Å². The monoisotopic (exact) mass is 139 g/mol. The van der Waals surface area contributed by atoms with Crippen LogP contribution in [0, 0.1) is 0 Å². The van der Waals surface area contributed by atoms with Gasteiger partial charge in [0, 0.05) is 12.5 Å². The molecule has 2 heteroatoms. The lowest BCUT2D eigenvalue weighted by molar-refractivity contribution is -0.797. The van der Waals surface area contributed by atoms with E-state index in [4.69, 9.17) is 5.73 Å². The summed E-state index contributed by atoms with van der Waals surface area (Å²) in [7, 11) is 4.27. The zero-order valence-electron chi connectivity index (χ0n) is 6.89. The fraction of sp³-hybridized carbons (Fsp3) is 0.500. The van der Waals surface area contributed by atoms with Gasteiger partial charge in [-0.3, -0.25) is 4.48 Å². The minimum absolute atomic E-state index is 0.822. The van der Waals surface area contributed by atoms with Gasteiger partial charge in [-0.25, -0.2) is 0 Å². The van der Waals surface area contributed by atoms with Crippen molar-refractivity contribution < 1.29 is 4.48 Å². The third-order valence-corrected chi connectivity index (χ3v) is 1.99. The summed E-state index contributed by atoms with van der Waals surface area (Å²) in [5.41, 5.74) is 7.99. The molecule has 1 aliphatic heterocycles. The van der Waals surface area contributed by atoms with E-state index in [0.29, 0.717) is 0 Å². The van der Waals surface area contributed by atoms with Crippen LogP contribution in [0.15, 0.2) is 23.7 Å². The Balaban J connectivity index is 2.97. The average molecular weight is 139 g/mol. The summed E-state index contributed by atoms with van der Waals surface area (Å²) in [5, 5.41) is 0. The molecule has 56 valence electrons. The Morgan fingerprint density at radius 2 is 2.10 bits per heavy atom. The molecule has 0 atom stereocenters. The van der Waals surface area contributed by atoms with Crippen molar-refractivity contribution in [1.82, 2.24) is 0 Å². The molecule has 1 aliphatic rings. The molecule has 0 fully saturated rings. The first-order chi connectivity index (χ1) is 4.58. The largest absolute Gasteiger partial charge is 0.394 e. The van der Waals surface area contributed by atoms with Crippen molar-refractivity contribution in [3.05, 3.63) is 23.7 Å². The van der Waals surface area contributed by atoms with Gasteiger partial charge >= 0.3 is 0 Å². The smallest absolute Gasteiger partial charge is 0.136 e. The highest BCUT2D eigenvalue weighted by atomic mass is 15.3. The SMILES string of the molecule is CCC1=C(N)C=C[N+]1(C)C. The highest BCUT2D eigenvalue weighted by Gasteiger charge is 2.25. The topological polar surface area (TPSA) is 26.0 Å². The summed E-state index contributed by atoms with van der Waals surface area (Å²) in [6.07, 6.45) is 5.12. The molecule has 0 saturated carbocycles. The highest BCUT2D eigenvalue weighted by Crippen LogP contribution is 2.24. The molecule has 0 radical (unpaired) electrons.